The fourth-order valence-electron chi connectivity index (χ4n) is 3.34. The maximum atomic E-state index is 12.1. The Labute approximate surface area is 142 Å². The molecule has 2 aliphatic rings. The van der Waals surface area contributed by atoms with Crippen molar-refractivity contribution in [3.05, 3.63) is 29.8 Å². The number of aliphatic carboxylic acids is 1. The first-order chi connectivity index (χ1) is 11.6. The van der Waals surface area contributed by atoms with Crippen molar-refractivity contribution < 1.29 is 19.4 Å². The minimum atomic E-state index is -0.876. The van der Waals surface area contributed by atoms with Gasteiger partial charge in [0, 0.05) is 12.5 Å². The molecule has 0 heterocycles. The van der Waals surface area contributed by atoms with Crippen LogP contribution in [-0.4, -0.2) is 30.1 Å². The lowest BCUT2D eigenvalue weighted by atomic mass is 9.99. The topological polar surface area (TPSA) is 75.6 Å². The molecule has 5 heteroatoms. The number of ether oxygens (including phenoxy) is 1. The maximum Gasteiger partial charge on any atom is 0.308 e. The average Bonchev–Trinajstić information content (AvgIpc) is 3.44. The van der Waals surface area contributed by atoms with Crippen LogP contribution < -0.4 is 10.1 Å². The number of hydrogen-bond donors (Lipinski definition) is 2. The van der Waals surface area contributed by atoms with Gasteiger partial charge >= 0.3 is 5.97 Å². The van der Waals surface area contributed by atoms with E-state index in [-0.39, 0.29) is 18.4 Å². The van der Waals surface area contributed by atoms with E-state index in [1.165, 1.54) is 12.8 Å². The van der Waals surface area contributed by atoms with Gasteiger partial charge < -0.3 is 15.2 Å². The smallest absolute Gasteiger partial charge is 0.308 e. The number of rotatable bonds is 9. The SMILES string of the molecule is CCOc1ccc(C[C@H](CNC(=O)[C@@H]2C[C@H]2C2CC2)C(=O)O)cc1. The highest BCUT2D eigenvalue weighted by molar-refractivity contribution is 5.82. The Hall–Kier alpha value is -2.04. The highest BCUT2D eigenvalue weighted by Gasteiger charge is 2.51. The number of hydrogen-bond acceptors (Lipinski definition) is 3. The third-order valence-electron chi connectivity index (χ3n) is 4.99. The van der Waals surface area contributed by atoms with Crippen LogP contribution in [0.15, 0.2) is 24.3 Å². The predicted octanol–water partition coefficient (Wildman–Crippen LogP) is 2.49. The van der Waals surface area contributed by atoms with Gasteiger partial charge in [-0.05, 0) is 62.1 Å². The van der Waals surface area contributed by atoms with Gasteiger partial charge in [-0.2, -0.15) is 0 Å². The minimum Gasteiger partial charge on any atom is -0.494 e. The molecule has 2 aliphatic carbocycles. The number of carboxylic acid groups (broad SMARTS) is 1. The first-order valence-electron chi connectivity index (χ1n) is 8.80. The summed E-state index contributed by atoms with van der Waals surface area (Å²) in [5.74, 6) is 0.756. The van der Waals surface area contributed by atoms with Crippen molar-refractivity contribution in [1.82, 2.24) is 5.32 Å². The molecular formula is C19H25NO4. The largest absolute Gasteiger partial charge is 0.494 e. The third kappa shape index (κ3) is 4.28. The van der Waals surface area contributed by atoms with Crippen molar-refractivity contribution in [3.63, 3.8) is 0 Å². The molecule has 0 aromatic heterocycles. The first kappa shape index (κ1) is 16.8. The fourth-order valence-corrected chi connectivity index (χ4v) is 3.34. The van der Waals surface area contributed by atoms with E-state index in [9.17, 15) is 14.7 Å². The maximum absolute atomic E-state index is 12.1. The summed E-state index contributed by atoms with van der Waals surface area (Å²) >= 11 is 0. The molecule has 1 aromatic rings. The molecule has 0 unspecified atom stereocenters. The lowest BCUT2D eigenvalue weighted by Gasteiger charge is -2.14. The molecule has 130 valence electrons. The molecule has 3 atom stereocenters. The van der Waals surface area contributed by atoms with Gasteiger partial charge in [0.2, 0.25) is 5.91 Å². The van der Waals surface area contributed by atoms with E-state index in [0.29, 0.717) is 18.9 Å². The molecule has 3 rings (SSSR count). The van der Waals surface area contributed by atoms with Crippen LogP contribution >= 0.6 is 0 Å². The van der Waals surface area contributed by atoms with Crippen LogP contribution in [-0.2, 0) is 16.0 Å². The summed E-state index contributed by atoms with van der Waals surface area (Å²) in [5, 5.41) is 12.3. The summed E-state index contributed by atoms with van der Waals surface area (Å²) in [5.41, 5.74) is 0.933. The predicted molar refractivity (Wildman–Crippen MR) is 89.8 cm³/mol. The number of amides is 1. The molecule has 0 radical (unpaired) electrons. The van der Waals surface area contributed by atoms with Crippen LogP contribution in [0.4, 0.5) is 0 Å². The van der Waals surface area contributed by atoms with Gasteiger partial charge in [-0.3, -0.25) is 9.59 Å². The summed E-state index contributed by atoms with van der Waals surface area (Å²) in [4.78, 5) is 23.6. The zero-order chi connectivity index (χ0) is 17.1. The zero-order valence-electron chi connectivity index (χ0n) is 14.0. The molecule has 24 heavy (non-hydrogen) atoms. The van der Waals surface area contributed by atoms with Crippen LogP contribution in [0.25, 0.3) is 0 Å². The molecule has 2 fully saturated rings. The lowest BCUT2D eigenvalue weighted by Crippen LogP contribution is -2.35. The van der Waals surface area contributed by atoms with Crippen molar-refractivity contribution in [2.75, 3.05) is 13.2 Å². The van der Waals surface area contributed by atoms with E-state index >= 15 is 0 Å². The van der Waals surface area contributed by atoms with E-state index < -0.39 is 11.9 Å². The Balaban J connectivity index is 1.49. The van der Waals surface area contributed by atoms with E-state index in [4.69, 9.17) is 4.74 Å². The van der Waals surface area contributed by atoms with Crippen molar-refractivity contribution >= 4 is 11.9 Å². The lowest BCUT2D eigenvalue weighted by molar-refractivity contribution is -0.141. The summed E-state index contributed by atoms with van der Waals surface area (Å²) in [6, 6.07) is 7.46. The fraction of sp³-hybridized carbons (Fsp3) is 0.579. The van der Waals surface area contributed by atoms with E-state index in [1.807, 2.05) is 31.2 Å². The van der Waals surface area contributed by atoms with Crippen LogP contribution in [0.3, 0.4) is 0 Å². The van der Waals surface area contributed by atoms with Crippen molar-refractivity contribution in [3.8, 4) is 5.75 Å². The van der Waals surface area contributed by atoms with E-state index in [0.717, 1.165) is 23.7 Å². The Morgan fingerprint density at radius 1 is 1.29 bits per heavy atom. The minimum absolute atomic E-state index is 0.0323. The molecule has 5 nitrogen and oxygen atoms in total. The normalized spacial score (nSPS) is 23.4. The molecule has 0 spiro atoms. The highest BCUT2D eigenvalue weighted by atomic mass is 16.5. The molecule has 0 aliphatic heterocycles. The second-order valence-corrected chi connectivity index (χ2v) is 6.90. The summed E-state index contributed by atoms with van der Waals surface area (Å²) in [6.45, 7) is 2.71. The molecule has 1 aromatic carbocycles. The van der Waals surface area contributed by atoms with Gasteiger partial charge in [-0.25, -0.2) is 0 Å². The molecule has 0 bridgehead atoms. The van der Waals surface area contributed by atoms with Crippen LogP contribution in [0.2, 0.25) is 0 Å². The van der Waals surface area contributed by atoms with Gasteiger partial charge in [0.1, 0.15) is 5.75 Å². The van der Waals surface area contributed by atoms with Gasteiger partial charge in [0.05, 0.1) is 12.5 Å². The first-order valence-corrected chi connectivity index (χ1v) is 8.80. The van der Waals surface area contributed by atoms with Gasteiger partial charge in [-0.15, -0.1) is 0 Å². The highest BCUT2D eigenvalue weighted by Crippen LogP contribution is 2.54. The number of carbonyl (C=O) groups excluding carboxylic acids is 1. The molecule has 0 saturated heterocycles. The van der Waals surface area contributed by atoms with Crippen molar-refractivity contribution in [2.45, 2.75) is 32.6 Å². The monoisotopic (exact) mass is 331 g/mol. The third-order valence-corrected chi connectivity index (χ3v) is 4.99. The van der Waals surface area contributed by atoms with E-state index in [1.54, 1.807) is 0 Å². The van der Waals surface area contributed by atoms with Crippen LogP contribution in [0, 0.1) is 23.7 Å². The standard InChI is InChI=1S/C19H25NO4/c1-2-24-15-7-3-12(4-8-15)9-14(19(22)23)11-20-18(21)17-10-16(17)13-5-6-13/h3-4,7-8,13-14,16-17H,2,5-6,9-11H2,1H3,(H,20,21)(H,22,23)/t14-,16+,17-/m1/s1. The van der Waals surface area contributed by atoms with Gasteiger partial charge in [0.25, 0.3) is 0 Å². The van der Waals surface area contributed by atoms with Crippen molar-refractivity contribution in [2.24, 2.45) is 23.7 Å². The Morgan fingerprint density at radius 3 is 2.58 bits per heavy atom. The second-order valence-electron chi connectivity index (χ2n) is 6.90. The number of carboxylic acids is 1. The van der Waals surface area contributed by atoms with Crippen LogP contribution in [0.1, 0.15) is 31.7 Å². The summed E-state index contributed by atoms with van der Waals surface area (Å²) in [7, 11) is 0. The molecule has 2 saturated carbocycles. The van der Waals surface area contributed by atoms with E-state index in [2.05, 4.69) is 5.32 Å². The van der Waals surface area contributed by atoms with Gasteiger partial charge in [-0.1, -0.05) is 12.1 Å². The molecular weight excluding hydrogens is 306 g/mol. The van der Waals surface area contributed by atoms with Gasteiger partial charge in [0.15, 0.2) is 0 Å². The Kier molecular flexibility index (Phi) is 5.07. The molecule has 1 amide bonds. The second kappa shape index (κ2) is 7.24. The Morgan fingerprint density at radius 2 is 2.00 bits per heavy atom. The molecule has 2 N–H and O–H groups in total. The van der Waals surface area contributed by atoms with Crippen LogP contribution in [0.5, 0.6) is 5.75 Å². The average molecular weight is 331 g/mol. The number of nitrogens with one attached hydrogen (secondary N) is 1. The summed E-state index contributed by atoms with van der Waals surface area (Å²) in [6.07, 6.45) is 3.89. The zero-order valence-corrected chi connectivity index (χ0v) is 14.0. The number of benzene rings is 1. The van der Waals surface area contributed by atoms with Crippen molar-refractivity contribution in [1.29, 1.82) is 0 Å². The number of carbonyl (C=O) groups is 2. The summed E-state index contributed by atoms with van der Waals surface area (Å²) < 4.78 is 5.39. The quantitative estimate of drug-likeness (QED) is 0.729. The Bertz CT molecular complexity index is 594.